The maximum absolute atomic E-state index is 12.8. The van der Waals surface area contributed by atoms with E-state index < -0.39 is 0 Å². The van der Waals surface area contributed by atoms with Crippen molar-refractivity contribution in [3.05, 3.63) is 87.7 Å². The lowest BCUT2D eigenvalue weighted by Crippen LogP contribution is -2.26. The van der Waals surface area contributed by atoms with Crippen LogP contribution in [0.1, 0.15) is 43.7 Å². The standard InChI is InChI=1S/C16H12N4OS.C15H16N4OS/c1-9-2-4-10(5-3-9)20-8-19-13-12-11(17)6-7-18-15(12)22-14(13)16(20)21;16-10-6-7-17-14-11(10)12-13(21-14)15(20)19(8-18-12)9-4-2-1-3-5-9/h2-8H,1H3,(H2,17,18);6-9H,1-5H2,(H2,16,17). The average molecular weight is 609 g/mol. The van der Waals surface area contributed by atoms with Crippen LogP contribution in [0.25, 0.3) is 46.6 Å². The largest absolute Gasteiger partial charge is 0.398 e. The molecule has 12 heteroatoms. The third-order valence-corrected chi connectivity index (χ3v) is 10.1. The smallest absolute Gasteiger partial charge is 0.275 e. The number of nitrogen functional groups attached to an aromatic ring is 2. The topological polar surface area (TPSA) is 148 Å². The number of hydrogen-bond donors (Lipinski definition) is 2. The highest BCUT2D eigenvalue weighted by Gasteiger charge is 2.20. The second-order valence-electron chi connectivity index (χ2n) is 10.7. The molecule has 0 aliphatic heterocycles. The first kappa shape index (κ1) is 27.2. The Morgan fingerprint density at radius 2 is 1.28 bits per heavy atom. The lowest BCUT2D eigenvalue weighted by molar-refractivity contribution is 0.345. The quantitative estimate of drug-likeness (QED) is 0.244. The van der Waals surface area contributed by atoms with E-state index in [1.807, 2.05) is 35.8 Å². The summed E-state index contributed by atoms with van der Waals surface area (Å²) in [6.07, 6.45) is 12.3. The van der Waals surface area contributed by atoms with E-state index in [2.05, 4.69) is 19.9 Å². The van der Waals surface area contributed by atoms with Crippen LogP contribution in [0.4, 0.5) is 11.4 Å². The summed E-state index contributed by atoms with van der Waals surface area (Å²) in [6.45, 7) is 2.01. The van der Waals surface area contributed by atoms with Gasteiger partial charge in [-0.3, -0.25) is 18.7 Å². The fourth-order valence-electron chi connectivity index (χ4n) is 5.67. The summed E-state index contributed by atoms with van der Waals surface area (Å²) in [5.41, 5.74) is 16.4. The van der Waals surface area contributed by atoms with E-state index in [1.165, 1.54) is 41.9 Å². The van der Waals surface area contributed by atoms with Gasteiger partial charge in [0.1, 0.15) is 25.4 Å². The second kappa shape index (κ2) is 10.9. The number of aryl methyl sites for hydroxylation is 1. The van der Waals surface area contributed by atoms with Gasteiger partial charge >= 0.3 is 0 Å². The summed E-state index contributed by atoms with van der Waals surface area (Å²) in [4.78, 5) is 44.6. The van der Waals surface area contributed by atoms with Gasteiger partial charge in [0, 0.05) is 29.8 Å². The molecule has 0 atom stereocenters. The van der Waals surface area contributed by atoms with E-state index in [1.54, 1.807) is 41.7 Å². The van der Waals surface area contributed by atoms with E-state index in [-0.39, 0.29) is 11.1 Å². The number of hydrogen-bond acceptors (Lipinski definition) is 10. The van der Waals surface area contributed by atoms with Gasteiger partial charge in [0.2, 0.25) is 0 Å². The van der Waals surface area contributed by atoms with Crippen molar-refractivity contribution >= 4 is 74.9 Å². The van der Waals surface area contributed by atoms with Crippen LogP contribution in [0.15, 0.2) is 71.0 Å². The van der Waals surface area contributed by atoms with Crippen molar-refractivity contribution in [1.29, 1.82) is 0 Å². The maximum Gasteiger partial charge on any atom is 0.275 e. The third kappa shape index (κ3) is 4.72. The third-order valence-electron chi connectivity index (χ3n) is 7.93. The number of pyridine rings is 2. The first-order chi connectivity index (χ1) is 20.9. The molecule has 6 aromatic heterocycles. The van der Waals surface area contributed by atoms with Gasteiger partial charge in [-0.15, -0.1) is 22.7 Å². The second-order valence-corrected chi connectivity index (χ2v) is 12.7. The summed E-state index contributed by atoms with van der Waals surface area (Å²) in [6, 6.07) is 11.5. The number of rotatable bonds is 2. The van der Waals surface area contributed by atoms with E-state index in [0.717, 1.165) is 44.5 Å². The number of thiophene rings is 2. The van der Waals surface area contributed by atoms with Crippen LogP contribution < -0.4 is 22.6 Å². The highest BCUT2D eigenvalue weighted by molar-refractivity contribution is 7.25. The van der Waals surface area contributed by atoms with Crippen molar-refractivity contribution in [2.75, 3.05) is 11.5 Å². The zero-order valence-electron chi connectivity index (χ0n) is 23.4. The fourth-order valence-corrected chi connectivity index (χ4v) is 7.80. The lowest BCUT2D eigenvalue weighted by atomic mass is 9.95. The van der Waals surface area contributed by atoms with E-state index in [9.17, 15) is 9.59 Å². The normalized spacial score (nSPS) is 14.0. The van der Waals surface area contributed by atoms with Crippen molar-refractivity contribution in [2.24, 2.45) is 0 Å². The summed E-state index contributed by atoms with van der Waals surface area (Å²) < 4.78 is 4.60. The minimum absolute atomic E-state index is 0.0503. The number of anilines is 2. The van der Waals surface area contributed by atoms with Crippen LogP contribution in [0.3, 0.4) is 0 Å². The Labute approximate surface area is 253 Å². The first-order valence-corrected chi connectivity index (χ1v) is 15.7. The molecule has 43 heavy (non-hydrogen) atoms. The molecule has 4 N–H and O–H groups in total. The monoisotopic (exact) mass is 608 g/mol. The molecule has 0 amide bonds. The SMILES string of the molecule is Cc1ccc(-n2cnc3c(sc4nccc(N)c43)c2=O)cc1.Nc1ccnc2sc3c(=O)n(C4CCCCC4)cnc3c12. The van der Waals surface area contributed by atoms with Gasteiger partial charge in [-0.2, -0.15) is 0 Å². The van der Waals surface area contributed by atoms with Crippen LogP contribution in [0, 0.1) is 6.92 Å². The van der Waals surface area contributed by atoms with Crippen molar-refractivity contribution < 1.29 is 0 Å². The molecule has 8 rings (SSSR count). The minimum atomic E-state index is -0.101. The Hall–Kier alpha value is -4.68. The zero-order valence-corrected chi connectivity index (χ0v) is 25.0. The van der Waals surface area contributed by atoms with Crippen LogP contribution in [0.2, 0.25) is 0 Å². The predicted molar refractivity (Wildman–Crippen MR) is 175 cm³/mol. The Balaban J connectivity index is 0.000000140. The number of nitrogens with zero attached hydrogens (tertiary/aromatic N) is 6. The van der Waals surface area contributed by atoms with Gasteiger partial charge < -0.3 is 11.5 Å². The molecule has 1 aliphatic carbocycles. The summed E-state index contributed by atoms with van der Waals surface area (Å²) in [5.74, 6) is 0. The Kier molecular flexibility index (Phi) is 6.86. The van der Waals surface area contributed by atoms with Gasteiger partial charge in [0.15, 0.2) is 0 Å². The summed E-state index contributed by atoms with van der Waals surface area (Å²) in [7, 11) is 0. The van der Waals surface area contributed by atoms with Crippen LogP contribution in [-0.2, 0) is 0 Å². The zero-order chi connectivity index (χ0) is 29.7. The van der Waals surface area contributed by atoms with E-state index in [0.29, 0.717) is 37.8 Å². The van der Waals surface area contributed by atoms with Crippen molar-refractivity contribution in [1.82, 2.24) is 29.1 Å². The van der Waals surface area contributed by atoms with Gasteiger partial charge in [-0.1, -0.05) is 37.0 Å². The number of nitrogens with two attached hydrogens (primary N) is 2. The first-order valence-electron chi connectivity index (χ1n) is 14.1. The van der Waals surface area contributed by atoms with Crippen molar-refractivity contribution in [3.8, 4) is 5.69 Å². The molecule has 6 heterocycles. The van der Waals surface area contributed by atoms with Crippen LogP contribution >= 0.6 is 22.7 Å². The Morgan fingerprint density at radius 3 is 1.88 bits per heavy atom. The molecular weight excluding hydrogens is 581 g/mol. The molecule has 1 aliphatic rings. The lowest BCUT2D eigenvalue weighted by Gasteiger charge is -2.23. The molecule has 0 radical (unpaired) electrons. The number of benzene rings is 1. The predicted octanol–water partition coefficient (Wildman–Crippen LogP) is 5.98. The molecular formula is C31H28N8O2S2. The van der Waals surface area contributed by atoms with Gasteiger partial charge in [0.05, 0.1) is 33.8 Å². The maximum atomic E-state index is 12.8. The van der Waals surface area contributed by atoms with Crippen LogP contribution in [0.5, 0.6) is 0 Å². The molecule has 0 unspecified atom stereocenters. The molecule has 216 valence electrons. The van der Waals surface area contributed by atoms with E-state index in [4.69, 9.17) is 11.5 Å². The summed E-state index contributed by atoms with van der Waals surface area (Å²) in [5, 5.41) is 1.57. The molecule has 1 saturated carbocycles. The summed E-state index contributed by atoms with van der Waals surface area (Å²) >= 11 is 2.72. The molecule has 1 aromatic carbocycles. The molecule has 10 nitrogen and oxygen atoms in total. The number of fused-ring (bicyclic) bond motifs is 6. The van der Waals surface area contributed by atoms with E-state index >= 15 is 0 Å². The van der Waals surface area contributed by atoms with Crippen LogP contribution in [-0.4, -0.2) is 29.1 Å². The Morgan fingerprint density at radius 1 is 0.721 bits per heavy atom. The molecule has 7 aromatic rings. The molecule has 0 saturated heterocycles. The van der Waals surface area contributed by atoms with Crippen molar-refractivity contribution in [2.45, 2.75) is 45.1 Å². The minimum Gasteiger partial charge on any atom is -0.398 e. The van der Waals surface area contributed by atoms with Gasteiger partial charge in [-0.05, 0) is 44.0 Å². The highest BCUT2D eigenvalue weighted by atomic mass is 32.1. The fraction of sp³-hybridized carbons (Fsp3) is 0.226. The van der Waals surface area contributed by atoms with Gasteiger partial charge in [0.25, 0.3) is 11.1 Å². The number of aromatic nitrogens is 6. The van der Waals surface area contributed by atoms with Gasteiger partial charge in [-0.25, -0.2) is 19.9 Å². The molecule has 0 bridgehead atoms. The van der Waals surface area contributed by atoms with Crippen molar-refractivity contribution in [3.63, 3.8) is 0 Å². The average Bonchev–Trinajstić information content (AvgIpc) is 3.60. The molecule has 0 spiro atoms. The molecule has 1 fully saturated rings. The Bertz CT molecular complexity index is 2260. The highest BCUT2D eigenvalue weighted by Crippen LogP contribution is 2.34.